The third-order valence-electron chi connectivity index (χ3n) is 4.08. The monoisotopic (exact) mass is 274 g/mol. The fraction of sp³-hybridized carbons (Fsp3) is 0.588. The Morgan fingerprint density at radius 1 is 1.35 bits per heavy atom. The highest BCUT2D eigenvalue weighted by Crippen LogP contribution is 2.22. The molecule has 1 amide bonds. The summed E-state index contributed by atoms with van der Waals surface area (Å²) in [4.78, 5) is 12.1. The molecule has 1 aromatic rings. The molecule has 0 heterocycles. The molecule has 110 valence electrons. The Balaban J connectivity index is 1.87. The van der Waals surface area contributed by atoms with E-state index in [0.29, 0.717) is 13.0 Å². The number of nitrogens with two attached hydrogens (primary N) is 1. The number of hydrogen-bond donors (Lipinski definition) is 2. The lowest BCUT2D eigenvalue weighted by atomic mass is 10.0. The SMILES string of the molecule is CCCCC(CN)NC(=O)Cc1ccc2c(c1)CCC2. The number of hydrogen-bond acceptors (Lipinski definition) is 2. The number of amides is 1. The van der Waals surface area contributed by atoms with E-state index in [-0.39, 0.29) is 11.9 Å². The van der Waals surface area contributed by atoms with Crippen LogP contribution < -0.4 is 11.1 Å². The minimum absolute atomic E-state index is 0.0921. The van der Waals surface area contributed by atoms with E-state index in [1.807, 2.05) is 0 Å². The van der Waals surface area contributed by atoms with Crippen LogP contribution in [0.1, 0.15) is 49.3 Å². The first kappa shape index (κ1) is 15.0. The number of unbranched alkanes of at least 4 members (excludes halogenated alkanes) is 1. The third kappa shape index (κ3) is 4.07. The fourth-order valence-electron chi connectivity index (χ4n) is 2.90. The third-order valence-corrected chi connectivity index (χ3v) is 4.08. The van der Waals surface area contributed by atoms with Crippen LogP contribution in [0.2, 0.25) is 0 Å². The van der Waals surface area contributed by atoms with Gasteiger partial charge in [-0.15, -0.1) is 0 Å². The van der Waals surface area contributed by atoms with Crippen molar-refractivity contribution < 1.29 is 4.79 Å². The maximum atomic E-state index is 12.1. The summed E-state index contributed by atoms with van der Waals surface area (Å²) in [5.41, 5.74) is 9.72. The molecule has 0 bridgehead atoms. The topological polar surface area (TPSA) is 55.1 Å². The normalized spacial score (nSPS) is 14.9. The van der Waals surface area contributed by atoms with E-state index in [9.17, 15) is 4.79 Å². The van der Waals surface area contributed by atoms with Gasteiger partial charge in [0.05, 0.1) is 6.42 Å². The Bertz CT molecular complexity index is 456. The van der Waals surface area contributed by atoms with Crippen molar-refractivity contribution in [2.24, 2.45) is 5.73 Å². The zero-order valence-corrected chi connectivity index (χ0v) is 12.5. The minimum Gasteiger partial charge on any atom is -0.352 e. The van der Waals surface area contributed by atoms with E-state index in [1.165, 1.54) is 24.0 Å². The maximum absolute atomic E-state index is 12.1. The van der Waals surface area contributed by atoms with Gasteiger partial charge in [-0.05, 0) is 42.4 Å². The number of nitrogens with one attached hydrogen (secondary N) is 1. The Kier molecular flexibility index (Phi) is 5.60. The van der Waals surface area contributed by atoms with Crippen LogP contribution in [0, 0.1) is 0 Å². The van der Waals surface area contributed by atoms with Crippen molar-refractivity contribution in [1.82, 2.24) is 5.32 Å². The summed E-state index contributed by atoms with van der Waals surface area (Å²) in [5.74, 6) is 0.0921. The molecule has 0 saturated carbocycles. The summed E-state index contributed by atoms with van der Waals surface area (Å²) >= 11 is 0. The quantitative estimate of drug-likeness (QED) is 0.802. The molecule has 1 aliphatic rings. The van der Waals surface area contributed by atoms with Crippen molar-refractivity contribution in [1.29, 1.82) is 0 Å². The molecule has 0 aromatic heterocycles. The van der Waals surface area contributed by atoms with Crippen molar-refractivity contribution in [3.8, 4) is 0 Å². The number of aryl methyl sites for hydroxylation is 2. The molecule has 0 radical (unpaired) electrons. The molecule has 3 heteroatoms. The Morgan fingerprint density at radius 2 is 2.15 bits per heavy atom. The predicted octanol–water partition coefficient (Wildman–Crippen LogP) is 2.35. The Hall–Kier alpha value is -1.35. The number of rotatable bonds is 7. The van der Waals surface area contributed by atoms with Gasteiger partial charge < -0.3 is 11.1 Å². The number of benzene rings is 1. The zero-order chi connectivity index (χ0) is 14.4. The predicted molar refractivity (Wildman–Crippen MR) is 82.7 cm³/mol. The molecule has 20 heavy (non-hydrogen) atoms. The summed E-state index contributed by atoms with van der Waals surface area (Å²) in [6.45, 7) is 2.68. The van der Waals surface area contributed by atoms with Crippen molar-refractivity contribution in [3.63, 3.8) is 0 Å². The largest absolute Gasteiger partial charge is 0.352 e. The maximum Gasteiger partial charge on any atom is 0.224 e. The average molecular weight is 274 g/mol. The van der Waals surface area contributed by atoms with Crippen LogP contribution in [0.4, 0.5) is 0 Å². The molecule has 0 saturated heterocycles. The molecule has 0 spiro atoms. The van der Waals surface area contributed by atoms with Gasteiger partial charge in [-0.25, -0.2) is 0 Å². The first-order valence-corrected chi connectivity index (χ1v) is 7.83. The average Bonchev–Trinajstić information content (AvgIpc) is 2.90. The summed E-state index contributed by atoms with van der Waals surface area (Å²) < 4.78 is 0. The summed E-state index contributed by atoms with van der Waals surface area (Å²) in [6, 6.07) is 6.60. The standard InChI is InChI=1S/C17H26N2O/c1-2-3-7-16(12-18)19-17(20)11-13-8-9-14-5-4-6-15(14)10-13/h8-10,16H,2-7,11-12,18H2,1H3,(H,19,20). The molecule has 1 atom stereocenters. The fourth-order valence-corrected chi connectivity index (χ4v) is 2.90. The van der Waals surface area contributed by atoms with Crippen molar-refractivity contribution in [2.75, 3.05) is 6.54 Å². The second-order valence-electron chi connectivity index (χ2n) is 5.78. The Morgan fingerprint density at radius 3 is 2.90 bits per heavy atom. The molecule has 0 fully saturated rings. The lowest BCUT2D eigenvalue weighted by Crippen LogP contribution is -2.40. The van der Waals surface area contributed by atoms with Crippen LogP contribution in [-0.2, 0) is 24.1 Å². The van der Waals surface area contributed by atoms with Crippen LogP contribution in [0.25, 0.3) is 0 Å². The van der Waals surface area contributed by atoms with Gasteiger partial charge >= 0.3 is 0 Å². The molecule has 1 unspecified atom stereocenters. The van der Waals surface area contributed by atoms with Gasteiger partial charge in [-0.2, -0.15) is 0 Å². The van der Waals surface area contributed by atoms with E-state index >= 15 is 0 Å². The van der Waals surface area contributed by atoms with E-state index in [4.69, 9.17) is 5.73 Å². The lowest BCUT2D eigenvalue weighted by molar-refractivity contribution is -0.121. The number of fused-ring (bicyclic) bond motifs is 1. The highest BCUT2D eigenvalue weighted by atomic mass is 16.1. The Labute approximate surface area is 121 Å². The molecular weight excluding hydrogens is 248 g/mol. The first-order chi connectivity index (χ1) is 9.72. The van der Waals surface area contributed by atoms with Gasteiger partial charge in [0.2, 0.25) is 5.91 Å². The highest BCUT2D eigenvalue weighted by Gasteiger charge is 2.14. The van der Waals surface area contributed by atoms with Crippen LogP contribution in [0.5, 0.6) is 0 Å². The van der Waals surface area contributed by atoms with Crippen LogP contribution in [0.3, 0.4) is 0 Å². The molecule has 1 aromatic carbocycles. The van der Waals surface area contributed by atoms with Gasteiger partial charge in [0, 0.05) is 12.6 Å². The van der Waals surface area contributed by atoms with Gasteiger partial charge in [0.15, 0.2) is 0 Å². The summed E-state index contributed by atoms with van der Waals surface area (Å²) in [5, 5.41) is 3.05. The van der Waals surface area contributed by atoms with E-state index < -0.39 is 0 Å². The van der Waals surface area contributed by atoms with E-state index in [0.717, 1.165) is 31.2 Å². The molecule has 3 nitrogen and oxygen atoms in total. The minimum atomic E-state index is 0.0921. The van der Waals surface area contributed by atoms with Crippen molar-refractivity contribution >= 4 is 5.91 Å². The summed E-state index contributed by atoms with van der Waals surface area (Å²) in [7, 11) is 0. The first-order valence-electron chi connectivity index (χ1n) is 7.83. The second kappa shape index (κ2) is 7.44. The summed E-state index contributed by atoms with van der Waals surface area (Å²) in [6.07, 6.45) is 7.29. The molecule has 3 N–H and O–H groups in total. The highest BCUT2D eigenvalue weighted by molar-refractivity contribution is 5.79. The zero-order valence-electron chi connectivity index (χ0n) is 12.5. The van der Waals surface area contributed by atoms with E-state index in [1.54, 1.807) is 0 Å². The van der Waals surface area contributed by atoms with Gasteiger partial charge in [-0.3, -0.25) is 4.79 Å². The van der Waals surface area contributed by atoms with E-state index in [2.05, 4.69) is 30.4 Å². The molecule has 0 aliphatic heterocycles. The second-order valence-corrected chi connectivity index (χ2v) is 5.78. The van der Waals surface area contributed by atoms with Gasteiger partial charge in [0.1, 0.15) is 0 Å². The molecule has 1 aliphatic carbocycles. The van der Waals surface area contributed by atoms with Crippen molar-refractivity contribution in [2.45, 2.75) is 57.9 Å². The van der Waals surface area contributed by atoms with Crippen LogP contribution >= 0.6 is 0 Å². The molecular formula is C17H26N2O. The molecule has 2 rings (SSSR count). The van der Waals surface area contributed by atoms with Gasteiger partial charge in [0.25, 0.3) is 0 Å². The van der Waals surface area contributed by atoms with Crippen LogP contribution in [0.15, 0.2) is 18.2 Å². The smallest absolute Gasteiger partial charge is 0.224 e. The van der Waals surface area contributed by atoms with Crippen molar-refractivity contribution in [3.05, 3.63) is 34.9 Å². The van der Waals surface area contributed by atoms with Gasteiger partial charge in [-0.1, -0.05) is 38.0 Å². The number of carbonyl (C=O) groups excluding carboxylic acids is 1. The van der Waals surface area contributed by atoms with Crippen LogP contribution in [-0.4, -0.2) is 18.5 Å². The lowest BCUT2D eigenvalue weighted by Gasteiger charge is -2.16. The number of carbonyl (C=O) groups is 1.